The van der Waals surface area contributed by atoms with E-state index in [1.165, 1.54) is 10.8 Å². The molecule has 0 saturated heterocycles. The predicted octanol–water partition coefficient (Wildman–Crippen LogP) is 2.88. The highest BCUT2D eigenvalue weighted by atomic mass is 16.5. The van der Waals surface area contributed by atoms with Gasteiger partial charge in [-0.2, -0.15) is 0 Å². The van der Waals surface area contributed by atoms with Crippen LogP contribution in [0.15, 0.2) is 49.1 Å². The van der Waals surface area contributed by atoms with Crippen LogP contribution in [0.4, 0.5) is 0 Å². The minimum absolute atomic E-state index is 0.211. The third-order valence-corrected chi connectivity index (χ3v) is 3.17. The van der Waals surface area contributed by atoms with Crippen LogP contribution in [0.5, 0.6) is 5.75 Å². The molecule has 0 aliphatic rings. The zero-order valence-corrected chi connectivity index (χ0v) is 11.6. The van der Waals surface area contributed by atoms with E-state index in [1.807, 2.05) is 18.2 Å². The summed E-state index contributed by atoms with van der Waals surface area (Å²) in [5.74, 6) is 0.889. The van der Waals surface area contributed by atoms with E-state index in [2.05, 4.69) is 30.1 Å². The van der Waals surface area contributed by atoms with Gasteiger partial charge in [-0.15, -0.1) is 0 Å². The molecule has 0 aromatic heterocycles. The molecule has 0 bridgehead atoms. The topological polar surface area (TPSA) is 41.5 Å². The van der Waals surface area contributed by atoms with Crippen molar-refractivity contribution in [3.05, 3.63) is 54.6 Å². The summed E-state index contributed by atoms with van der Waals surface area (Å²) in [5, 5.41) is 14.6. The molecule has 0 atom stereocenters. The Morgan fingerprint density at radius 3 is 2.85 bits per heavy atom. The van der Waals surface area contributed by atoms with Crippen molar-refractivity contribution in [1.29, 1.82) is 0 Å². The van der Waals surface area contributed by atoms with Gasteiger partial charge in [0.25, 0.3) is 0 Å². The molecule has 20 heavy (non-hydrogen) atoms. The number of fused-ring (bicyclic) bond motifs is 1. The number of nitrogens with one attached hydrogen (secondary N) is 1. The number of aliphatic hydroxyl groups is 1. The van der Waals surface area contributed by atoms with Crippen molar-refractivity contribution in [1.82, 2.24) is 5.32 Å². The predicted molar refractivity (Wildman–Crippen MR) is 83.0 cm³/mol. The van der Waals surface area contributed by atoms with Gasteiger partial charge in [0.05, 0.1) is 0 Å². The van der Waals surface area contributed by atoms with E-state index in [1.54, 1.807) is 6.08 Å². The number of hydrogen-bond donors (Lipinski definition) is 2. The fourth-order valence-electron chi connectivity index (χ4n) is 2.20. The first kappa shape index (κ1) is 14.6. The van der Waals surface area contributed by atoms with Crippen LogP contribution >= 0.6 is 0 Å². The molecular weight excluding hydrogens is 250 g/mol. The average Bonchev–Trinajstić information content (AvgIpc) is 2.50. The van der Waals surface area contributed by atoms with E-state index in [0.717, 1.165) is 30.8 Å². The lowest BCUT2D eigenvalue weighted by Gasteiger charge is -2.14. The average molecular weight is 271 g/mol. The Kier molecular flexibility index (Phi) is 5.59. The molecule has 0 heterocycles. The highest BCUT2D eigenvalue weighted by Crippen LogP contribution is 2.28. The van der Waals surface area contributed by atoms with Gasteiger partial charge in [-0.25, -0.2) is 0 Å². The van der Waals surface area contributed by atoms with Gasteiger partial charge in [0, 0.05) is 18.7 Å². The lowest BCUT2D eigenvalue weighted by molar-refractivity contribution is 0.286. The van der Waals surface area contributed by atoms with Crippen LogP contribution in [0.1, 0.15) is 12.0 Å². The van der Waals surface area contributed by atoms with Crippen molar-refractivity contribution in [2.24, 2.45) is 0 Å². The van der Waals surface area contributed by atoms with E-state index in [0.29, 0.717) is 6.61 Å². The Morgan fingerprint density at radius 2 is 2.05 bits per heavy atom. The van der Waals surface area contributed by atoms with E-state index in [9.17, 15) is 0 Å². The summed E-state index contributed by atoms with van der Waals surface area (Å²) in [4.78, 5) is 0. The number of aliphatic hydroxyl groups excluding tert-OH is 1. The molecule has 3 heteroatoms. The Balaban J connectivity index is 2.26. The second-order valence-electron chi connectivity index (χ2n) is 4.62. The normalized spacial score (nSPS) is 10.7. The summed E-state index contributed by atoms with van der Waals surface area (Å²) in [6.45, 7) is 5.92. The van der Waals surface area contributed by atoms with Gasteiger partial charge in [-0.1, -0.05) is 43.0 Å². The molecule has 2 aromatic carbocycles. The summed E-state index contributed by atoms with van der Waals surface area (Å²) in [6.07, 6.45) is 2.51. The van der Waals surface area contributed by atoms with Crippen molar-refractivity contribution in [2.75, 3.05) is 19.8 Å². The lowest BCUT2D eigenvalue weighted by atomic mass is 10.0. The van der Waals surface area contributed by atoms with Gasteiger partial charge in [0.1, 0.15) is 12.4 Å². The molecule has 2 rings (SSSR count). The molecule has 0 amide bonds. The third-order valence-electron chi connectivity index (χ3n) is 3.17. The number of benzene rings is 2. The van der Waals surface area contributed by atoms with Crippen LogP contribution in [0, 0.1) is 0 Å². The van der Waals surface area contributed by atoms with Gasteiger partial charge >= 0.3 is 0 Å². The summed E-state index contributed by atoms with van der Waals surface area (Å²) < 4.78 is 5.74. The maximum Gasteiger partial charge on any atom is 0.124 e. The summed E-state index contributed by atoms with van der Waals surface area (Å²) in [7, 11) is 0. The molecule has 2 N–H and O–H groups in total. The molecule has 0 fully saturated rings. The van der Waals surface area contributed by atoms with Crippen LogP contribution in [-0.4, -0.2) is 24.9 Å². The largest absolute Gasteiger partial charge is 0.489 e. The first-order chi connectivity index (χ1) is 9.86. The quantitative estimate of drug-likeness (QED) is 0.573. The molecule has 3 nitrogen and oxygen atoms in total. The molecule has 0 radical (unpaired) electrons. The molecule has 0 saturated carbocycles. The first-order valence-corrected chi connectivity index (χ1v) is 6.92. The second-order valence-corrected chi connectivity index (χ2v) is 4.62. The standard InChI is InChI=1S/C17H21NO2/c1-2-12-20-17-9-8-14-6-3-4-7-15(14)16(17)13-18-10-5-11-19/h2-4,6-9,18-19H,1,5,10-13H2. The monoisotopic (exact) mass is 271 g/mol. The fraction of sp³-hybridized carbons (Fsp3) is 0.294. The van der Waals surface area contributed by atoms with E-state index in [-0.39, 0.29) is 6.61 Å². The SMILES string of the molecule is C=CCOc1ccc2ccccc2c1CNCCCO. The van der Waals surface area contributed by atoms with Crippen molar-refractivity contribution < 1.29 is 9.84 Å². The van der Waals surface area contributed by atoms with Crippen LogP contribution in [0.2, 0.25) is 0 Å². The Morgan fingerprint density at radius 1 is 1.20 bits per heavy atom. The minimum Gasteiger partial charge on any atom is -0.489 e. The molecule has 2 aromatic rings. The zero-order chi connectivity index (χ0) is 14.2. The smallest absolute Gasteiger partial charge is 0.124 e. The van der Waals surface area contributed by atoms with Crippen LogP contribution < -0.4 is 10.1 Å². The fourth-order valence-corrected chi connectivity index (χ4v) is 2.20. The van der Waals surface area contributed by atoms with Crippen LogP contribution in [0.25, 0.3) is 10.8 Å². The maximum atomic E-state index is 8.83. The maximum absolute atomic E-state index is 8.83. The van der Waals surface area contributed by atoms with Crippen molar-refractivity contribution in [3.8, 4) is 5.75 Å². The summed E-state index contributed by atoms with van der Waals surface area (Å²) >= 11 is 0. The Labute approximate surface area is 119 Å². The van der Waals surface area contributed by atoms with E-state index >= 15 is 0 Å². The Hall–Kier alpha value is -1.84. The number of rotatable bonds is 8. The molecule has 0 spiro atoms. The molecule has 0 aliphatic heterocycles. The van der Waals surface area contributed by atoms with Crippen molar-refractivity contribution in [3.63, 3.8) is 0 Å². The Bertz CT molecular complexity index is 566. The number of ether oxygens (including phenoxy) is 1. The molecular formula is C17H21NO2. The van der Waals surface area contributed by atoms with Gasteiger partial charge in [-0.3, -0.25) is 0 Å². The summed E-state index contributed by atoms with van der Waals surface area (Å²) in [5.41, 5.74) is 1.16. The van der Waals surface area contributed by atoms with Crippen molar-refractivity contribution >= 4 is 10.8 Å². The highest BCUT2D eigenvalue weighted by molar-refractivity contribution is 5.87. The minimum atomic E-state index is 0.211. The molecule has 0 unspecified atom stereocenters. The van der Waals surface area contributed by atoms with Crippen LogP contribution in [-0.2, 0) is 6.54 Å². The van der Waals surface area contributed by atoms with E-state index < -0.39 is 0 Å². The third kappa shape index (κ3) is 3.59. The highest BCUT2D eigenvalue weighted by Gasteiger charge is 2.08. The van der Waals surface area contributed by atoms with Gasteiger partial charge in [0.15, 0.2) is 0 Å². The van der Waals surface area contributed by atoms with Crippen molar-refractivity contribution in [2.45, 2.75) is 13.0 Å². The van der Waals surface area contributed by atoms with Gasteiger partial charge in [-0.05, 0) is 29.8 Å². The van der Waals surface area contributed by atoms with Crippen LogP contribution in [0.3, 0.4) is 0 Å². The molecule has 0 aliphatic carbocycles. The lowest BCUT2D eigenvalue weighted by Crippen LogP contribution is -2.16. The molecule has 106 valence electrons. The van der Waals surface area contributed by atoms with Gasteiger partial charge in [0.2, 0.25) is 0 Å². The zero-order valence-electron chi connectivity index (χ0n) is 11.6. The van der Waals surface area contributed by atoms with E-state index in [4.69, 9.17) is 9.84 Å². The second kappa shape index (κ2) is 7.68. The first-order valence-electron chi connectivity index (χ1n) is 6.92. The van der Waals surface area contributed by atoms with Gasteiger partial charge < -0.3 is 15.2 Å². The number of hydrogen-bond acceptors (Lipinski definition) is 3. The summed E-state index contributed by atoms with van der Waals surface area (Å²) in [6, 6.07) is 12.4.